The van der Waals surface area contributed by atoms with E-state index in [-0.39, 0.29) is 20.3 Å². The molecule has 132 valence electrons. The molecule has 6 rings (SSSR count). The molecule has 0 N–H and O–H groups in total. The second kappa shape index (κ2) is 4.22. The molecule has 2 aromatic rings. The zero-order valence-electron chi connectivity index (χ0n) is 15.3. The fraction of sp³-hybridized carbons (Fsp3) is 0.435. The zero-order valence-corrected chi connectivity index (χ0v) is 16.2. The van der Waals surface area contributed by atoms with Crippen LogP contribution in [0.4, 0.5) is 0 Å². The largest absolute Gasteiger partial charge is 0.457 e. The molecule has 2 aromatic carbocycles. The maximum Gasteiger partial charge on any atom is 0.157 e. The van der Waals surface area contributed by atoms with Crippen LogP contribution in [0, 0.1) is 16.7 Å². The summed E-state index contributed by atoms with van der Waals surface area (Å²) < 4.78 is 5.61. The molecule has 0 unspecified atom stereocenters. The van der Waals surface area contributed by atoms with Gasteiger partial charge in [-0.05, 0) is 36.3 Å². The van der Waals surface area contributed by atoms with Gasteiger partial charge in [-0.25, -0.2) is 0 Å². The van der Waals surface area contributed by atoms with Crippen LogP contribution in [0.3, 0.4) is 0 Å². The van der Waals surface area contributed by atoms with Gasteiger partial charge in [0.05, 0.1) is 4.75 Å². The van der Waals surface area contributed by atoms with Crippen molar-refractivity contribution in [1.29, 1.82) is 0 Å². The number of carbonyl (C=O) groups is 1. The average molecular weight is 362 g/mol. The van der Waals surface area contributed by atoms with Crippen molar-refractivity contribution in [1.82, 2.24) is 0 Å². The van der Waals surface area contributed by atoms with Crippen LogP contribution in [0.15, 0.2) is 48.5 Å². The molecule has 3 fully saturated rings. The third kappa shape index (κ3) is 1.29. The normalized spacial score (nSPS) is 36.7. The summed E-state index contributed by atoms with van der Waals surface area (Å²) in [5.74, 6) is 2.71. The number of hydrogen-bond acceptors (Lipinski definition) is 3. The number of benzene rings is 2. The van der Waals surface area contributed by atoms with E-state index in [1.54, 1.807) is 0 Å². The van der Waals surface area contributed by atoms with Gasteiger partial charge in [-0.15, -0.1) is 11.8 Å². The number of para-hydroxylation sites is 2. The minimum Gasteiger partial charge on any atom is -0.457 e. The third-order valence-corrected chi connectivity index (χ3v) is 10.1. The first-order valence-electron chi connectivity index (χ1n) is 9.51. The van der Waals surface area contributed by atoms with Gasteiger partial charge in [0.25, 0.3) is 0 Å². The number of carbonyl (C=O) groups excluding carboxylic acids is 1. The van der Waals surface area contributed by atoms with Crippen LogP contribution in [0.25, 0.3) is 0 Å². The van der Waals surface area contributed by atoms with Gasteiger partial charge in [0.2, 0.25) is 0 Å². The quantitative estimate of drug-likeness (QED) is 0.575. The molecule has 2 saturated carbocycles. The Labute approximate surface area is 158 Å². The van der Waals surface area contributed by atoms with Crippen LogP contribution in [-0.4, -0.2) is 10.5 Å². The maximum atomic E-state index is 13.9. The molecule has 2 spiro atoms. The van der Waals surface area contributed by atoms with Crippen molar-refractivity contribution >= 4 is 17.5 Å². The molecule has 0 aromatic heterocycles. The molecule has 0 amide bonds. The van der Waals surface area contributed by atoms with Crippen LogP contribution in [0.2, 0.25) is 0 Å². The van der Waals surface area contributed by atoms with E-state index >= 15 is 0 Å². The molecular weight excluding hydrogens is 340 g/mol. The highest BCUT2D eigenvalue weighted by Gasteiger charge is 2.89. The zero-order chi connectivity index (χ0) is 17.9. The Bertz CT molecular complexity index is 948. The number of fused-ring (bicyclic) bond motifs is 8. The van der Waals surface area contributed by atoms with Crippen LogP contribution in [0.5, 0.6) is 11.5 Å². The summed E-state index contributed by atoms with van der Waals surface area (Å²) in [5, 5.41) is 0. The fourth-order valence-electron chi connectivity index (χ4n) is 6.39. The molecule has 2 heterocycles. The molecule has 26 heavy (non-hydrogen) atoms. The molecule has 4 aliphatic rings. The van der Waals surface area contributed by atoms with Crippen LogP contribution < -0.4 is 4.74 Å². The highest BCUT2D eigenvalue weighted by Crippen LogP contribution is 2.88. The first-order valence-corrected chi connectivity index (χ1v) is 10.3. The summed E-state index contributed by atoms with van der Waals surface area (Å²) in [5.41, 5.74) is 2.20. The highest BCUT2D eigenvalue weighted by molar-refractivity contribution is 8.10. The fourth-order valence-corrected chi connectivity index (χ4v) is 8.71. The topological polar surface area (TPSA) is 26.3 Å². The smallest absolute Gasteiger partial charge is 0.157 e. The van der Waals surface area contributed by atoms with Crippen molar-refractivity contribution in [3.63, 3.8) is 0 Å². The number of thioether (sulfide) groups is 1. The molecule has 3 atom stereocenters. The first kappa shape index (κ1) is 15.3. The average Bonchev–Trinajstić information content (AvgIpc) is 3.20. The third-order valence-electron chi connectivity index (χ3n) is 8.10. The summed E-state index contributed by atoms with van der Waals surface area (Å²) in [4.78, 5) is 13.9. The predicted octanol–water partition coefficient (Wildman–Crippen LogP) is 5.55. The lowest BCUT2D eigenvalue weighted by Crippen LogP contribution is -2.42. The van der Waals surface area contributed by atoms with E-state index in [9.17, 15) is 4.79 Å². The Morgan fingerprint density at radius 3 is 2.08 bits per heavy atom. The summed E-state index contributed by atoms with van der Waals surface area (Å²) in [6.45, 7) is 6.86. The van der Waals surface area contributed by atoms with E-state index in [1.165, 1.54) is 11.1 Å². The van der Waals surface area contributed by atoms with E-state index in [2.05, 4.69) is 45.0 Å². The SMILES string of the molecule is CC1(C)[C@@H]2CC[C@@]1(C)C(=O)[C@@]21SC12c1ccccc1Oc1ccccc12. The second-order valence-corrected chi connectivity index (χ2v) is 10.5. The predicted molar refractivity (Wildman–Crippen MR) is 104 cm³/mol. The molecule has 2 bridgehead atoms. The van der Waals surface area contributed by atoms with Crippen LogP contribution in [0.1, 0.15) is 44.7 Å². The van der Waals surface area contributed by atoms with Gasteiger partial charge in [-0.1, -0.05) is 57.2 Å². The summed E-state index contributed by atoms with van der Waals surface area (Å²) >= 11 is 1.90. The molecular formula is C23H22O2S. The van der Waals surface area contributed by atoms with Gasteiger partial charge in [0.15, 0.2) is 5.78 Å². The summed E-state index contributed by atoms with van der Waals surface area (Å²) in [6, 6.07) is 16.6. The van der Waals surface area contributed by atoms with Crippen molar-refractivity contribution in [3.8, 4) is 11.5 Å². The van der Waals surface area contributed by atoms with Gasteiger partial charge >= 0.3 is 0 Å². The van der Waals surface area contributed by atoms with Gasteiger partial charge in [-0.3, -0.25) is 4.79 Å². The van der Waals surface area contributed by atoms with Crippen molar-refractivity contribution in [2.75, 3.05) is 0 Å². The van der Waals surface area contributed by atoms with Crippen molar-refractivity contribution < 1.29 is 9.53 Å². The first-order chi connectivity index (χ1) is 12.4. The molecule has 1 saturated heterocycles. The minimum absolute atomic E-state index is 0.0444. The molecule has 0 radical (unpaired) electrons. The van der Waals surface area contributed by atoms with Crippen LogP contribution >= 0.6 is 11.8 Å². The Balaban J connectivity index is 1.66. The number of rotatable bonds is 0. The lowest BCUT2D eigenvalue weighted by molar-refractivity contribution is -0.129. The van der Waals surface area contributed by atoms with Crippen molar-refractivity contribution in [2.24, 2.45) is 16.7 Å². The Morgan fingerprint density at radius 1 is 0.962 bits per heavy atom. The highest BCUT2D eigenvalue weighted by atomic mass is 32.2. The van der Waals surface area contributed by atoms with E-state index in [0.717, 1.165) is 24.3 Å². The summed E-state index contributed by atoms with van der Waals surface area (Å²) in [6.07, 6.45) is 2.18. The molecule has 3 heteroatoms. The lowest BCUT2D eigenvalue weighted by Gasteiger charge is -2.33. The van der Waals surface area contributed by atoms with E-state index in [0.29, 0.717) is 11.7 Å². The van der Waals surface area contributed by atoms with E-state index in [4.69, 9.17) is 4.74 Å². The Hall–Kier alpha value is -1.74. The van der Waals surface area contributed by atoms with Gasteiger partial charge in [0, 0.05) is 16.5 Å². The lowest BCUT2D eigenvalue weighted by atomic mass is 9.69. The van der Waals surface area contributed by atoms with Crippen LogP contribution in [-0.2, 0) is 9.54 Å². The van der Waals surface area contributed by atoms with Gasteiger partial charge < -0.3 is 4.74 Å². The van der Waals surface area contributed by atoms with Gasteiger partial charge in [-0.2, -0.15) is 0 Å². The molecule has 2 nitrogen and oxygen atoms in total. The Morgan fingerprint density at radius 2 is 1.54 bits per heavy atom. The number of Topliss-reactive ketones (excluding diaryl/α,β-unsaturated/α-hetero) is 1. The van der Waals surface area contributed by atoms with E-state index < -0.39 is 0 Å². The standard InChI is InChI=1S/C23H22O2S/c1-20(2)18-12-13-21(20,3)19(24)23(18)22(26-23)14-8-4-6-10-16(14)25-17-11-7-5-9-15(17)22/h4-11,18H,12-13H2,1-3H3/t18-,21-,23-/m0/s1. The second-order valence-electron chi connectivity index (χ2n) is 9.09. The Kier molecular flexibility index (Phi) is 2.49. The maximum absolute atomic E-state index is 13.9. The molecule has 2 aliphatic heterocycles. The minimum atomic E-state index is -0.334. The van der Waals surface area contributed by atoms with Crippen molar-refractivity contribution in [3.05, 3.63) is 59.7 Å². The van der Waals surface area contributed by atoms with E-state index in [1.807, 2.05) is 36.0 Å². The monoisotopic (exact) mass is 362 g/mol. The number of ketones is 1. The van der Waals surface area contributed by atoms with Crippen molar-refractivity contribution in [2.45, 2.75) is 43.1 Å². The van der Waals surface area contributed by atoms with Gasteiger partial charge in [0.1, 0.15) is 16.2 Å². The molecule has 2 aliphatic carbocycles. The number of ether oxygens (including phenoxy) is 1. The number of hydrogen-bond donors (Lipinski definition) is 0. The summed E-state index contributed by atoms with van der Waals surface area (Å²) in [7, 11) is 0.